The zero-order chi connectivity index (χ0) is 33.5. The normalized spacial score (nSPS) is 19.8. The van der Waals surface area contributed by atoms with Crippen LogP contribution < -0.4 is 19.7 Å². The Morgan fingerprint density at radius 3 is 2.45 bits per heavy atom. The minimum absolute atomic E-state index is 0.276. The zero-order valence-corrected chi connectivity index (χ0v) is 27.6. The lowest BCUT2D eigenvalue weighted by Gasteiger charge is -2.24. The lowest BCUT2D eigenvalue weighted by atomic mass is 9.91. The van der Waals surface area contributed by atoms with Crippen LogP contribution in [0.25, 0.3) is 10.9 Å². The summed E-state index contributed by atoms with van der Waals surface area (Å²) in [7, 11) is 1.56. The van der Waals surface area contributed by atoms with Gasteiger partial charge in [0, 0.05) is 17.7 Å². The molecule has 1 spiro atoms. The Labute approximate surface area is 272 Å². The second-order valence-corrected chi connectivity index (χ2v) is 14.3. The van der Waals surface area contributed by atoms with Gasteiger partial charge in [-0.25, -0.2) is 14.5 Å². The van der Waals surface area contributed by atoms with Crippen LogP contribution >= 0.6 is 0 Å². The lowest BCUT2D eigenvalue weighted by Crippen LogP contribution is -2.41. The van der Waals surface area contributed by atoms with Gasteiger partial charge in [0.2, 0.25) is 5.91 Å². The van der Waals surface area contributed by atoms with E-state index in [1.165, 1.54) is 4.68 Å². The molecule has 3 heterocycles. The Morgan fingerprint density at radius 1 is 0.979 bits per heavy atom. The number of nitrogens with zero attached hydrogens (tertiary/aromatic N) is 3. The van der Waals surface area contributed by atoms with Crippen molar-refractivity contribution in [3.8, 4) is 11.5 Å². The molecule has 3 aromatic carbocycles. The minimum Gasteiger partial charge on any atom is -0.497 e. The number of benzene rings is 3. The van der Waals surface area contributed by atoms with E-state index in [2.05, 4.69) is 10.4 Å². The molecule has 11 heteroatoms. The number of methoxy groups -OCH3 is 1. The molecule has 7 rings (SSSR count). The zero-order valence-electron chi connectivity index (χ0n) is 27.6. The molecule has 2 atom stereocenters. The van der Waals surface area contributed by atoms with Crippen molar-refractivity contribution in [3.05, 3.63) is 71.3 Å². The van der Waals surface area contributed by atoms with Gasteiger partial charge >= 0.3 is 12.2 Å². The second-order valence-electron chi connectivity index (χ2n) is 14.3. The number of hydrogen-bond donors (Lipinski definition) is 1. The predicted octanol–water partition coefficient (Wildman–Crippen LogP) is 7.21. The van der Waals surface area contributed by atoms with E-state index in [1.54, 1.807) is 60.8 Å². The molecule has 2 amide bonds. The quantitative estimate of drug-likeness (QED) is 0.247. The van der Waals surface area contributed by atoms with Crippen LogP contribution in [0.1, 0.15) is 70.6 Å². The number of ether oxygens (including phenoxy) is 4. The molecule has 0 radical (unpaired) electrons. The maximum atomic E-state index is 14.2. The van der Waals surface area contributed by atoms with Crippen LogP contribution in [0.2, 0.25) is 0 Å². The van der Waals surface area contributed by atoms with Gasteiger partial charge in [-0.15, -0.1) is 5.10 Å². The van der Waals surface area contributed by atoms with Gasteiger partial charge in [-0.2, -0.15) is 4.68 Å². The number of nitrogens with one attached hydrogen (secondary N) is 1. The van der Waals surface area contributed by atoms with Crippen molar-refractivity contribution in [2.45, 2.75) is 76.9 Å². The first-order valence-corrected chi connectivity index (χ1v) is 15.7. The Kier molecular flexibility index (Phi) is 6.82. The van der Waals surface area contributed by atoms with Gasteiger partial charge in [0.1, 0.15) is 22.7 Å². The topological polar surface area (TPSA) is 121 Å². The number of carbonyl (C=O) groups is 3. The summed E-state index contributed by atoms with van der Waals surface area (Å²) in [6, 6.07) is 16.9. The van der Waals surface area contributed by atoms with Crippen molar-refractivity contribution in [1.82, 2.24) is 9.78 Å². The number of aromatic nitrogens is 2. The van der Waals surface area contributed by atoms with E-state index in [0.29, 0.717) is 46.7 Å². The summed E-state index contributed by atoms with van der Waals surface area (Å²) in [5.41, 5.74) is 1.87. The third-order valence-electron chi connectivity index (χ3n) is 8.69. The summed E-state index contributed by atoms with van der Waals surface area (Å²) in [6.07, 6.45) is -0.0580. The maximum Gasteiger partial charge on any atom is 0.435 e. The summed E-state index contributed by atoms with van der Waals surface area (Å²) in [6.45, 7) is 11.3. The van der Waals surface area contributed by atoms with Crippen LogP contribution in [0.3, 0.4) is 0 Å². The van der Waals surface area contributed by atoms with Gasteiger partial charge in [-0.3, -0.25) is 4.79 Å². The minimum atomic E-state index is -0.992. The predicted molar refractivity (Wildman–Crippen MR) is 176 cm³/mol. The fraction of sp³-hybridized carbons (Fsp3) is 0.389. The molecule has 1 N–H and O–H groups in total. The van der Waals surface area contributed by atoms with E-state index in [-0.39, 0.29) is 11.8 Å². The van der Waals surface area contributed by atoms with Crippen molar-refractivity contribution < 1.29 is 33.3 Å². The number of carbonyl (C=O) groups excluding carboxylic acids is 3. The highest BCUT2D eigenvalue weighted by atomic mass is 16.6. The van der Waals surface area contributed by atoms with Gasteiger partial charge in [-0.05, 0) is 101 Å². The third kappa shape index (κ3) is 5.14. The summed E-state index contributed by atoms with van der Waals surface area (Å²) in [5.74, 6) is 1.20. The van der Waals surface area contributed by atoms with E-state index in [9.17, 15) is 14.4 Å². The summed E-state index contributed by atoms with van der Waals surface area (Å²) >= 11 is 0. The Hall–Kier alpha value is -5.06. The highest BCUT2D eigenvalue weighted by Crippen LogP contribution is 2.67. The summed E-state index contributed by atoms with van der Waals surface area (Å²) in [5, 5.41) is 8.74. The molecule has 0 saturated heterocycles. The molecular weight excluding hydrogens is 600 g/mol. The van der Waals surface area contributed by atoms with Crippen molar-refractivity contribution in [2.24, 2.45) is 0 Å². The molecule has 1 aliphatic carbocycles. The number of para-hydroxylation sites is 1. The lowest BCUT2D eigenvalue weighted by molar-refractivity contribution is -0.120. The Bertz CT molecular complexity index is 1970. The first-order valence-electron chi connectivity index (χ1n) is 15.7. The average molecular weight is 639 g/mol. The number of rotatable bonds is 4. The van der Waals surface area contributed by atoms with Gasteiger partial charge < -0.3 is 24.3 Å². The molecule has 47 heavy (non-hydrogen) atoms. The van der Waals surface area contributed by atoms with E-state index >= 15 is 0 Å². The standard InChI is InChI=1S/C36H38N4O7/c1-34(2,3)46-32(42)39-27-14-12-22(44-7)18-24(27)36(31(39)41)19-25(36)21-11-13-23-28(17-21)40(33(43)47-35(4,5)6)38-30(23)37-26-10-8-9-20-15-16-45-29(20)26/h8-14,17-18,25H,15-16,19H2,1-7H3,(H,37,38)/t25-,36-/m0/s1. The number of amides is 2. The van der Waals surface area contributed by atoms with E-state index in [0.717, 1.165) is 33.9 Å². The monoisotopic (exact) mass is 638 g/mol. The SMILES string of the molecule is COc1ccc2c(c1)[C@]1(C[C@H]1c1ccc3c(Nc4cccc5c4OCC5)nn(C(=O)OC(C)(C)C)c3c1)C(=O)N2C(=O)OC(C)(C)C. The molecule has 0 bridgehead atoms. The largest absolute Gasteiger partial charge is 0.497 e. The molecule has 1 saturated carbocycles. The van der Waals surface area contributed by atoms with E-state index in [1.807, 2.05) is 42.5 Å². The first kappa shape index (κ1) is 30.6. The summed E-state index contributed by atoms with van der Waals surface area (Å²) < 4.78 is 24.0. The van der Waals surface area contributed by atoms with Crippen LogP contribution in [-0.4, -0.2) is 52.8 Å². The number of imide groups is 1. The molecular formula is C36H38N4O7. The van der Waals surface area contributed by atoms with E-state index in [4.69, 9.17) is 18.9 Å². The first-order chi connectivity index (χ1) is 22.2. The van der Waals surface area contributed by atoms with E-state index < -0.39 is 28.8 Å². The summed E-state index contributed by atoms with van der Waals surface area (Å²) in [4.78, 5) is 42.2. The molecule has 2 aliphatic heterocycles. The Balaban J connectivity index is 1.30. The smallest absolute Gasteiger partial charge is 0.435 e. The van der Waals surface area contributed by atoms with Crippen molar-refractivity contribution >= 4 is 46.2 Å². The molecule has 4 aromatic rings. The highest BCUT2D eigenvalue weighted by Gasteiger charge is 2.68. The van der Waals surface area contributed by atoms with Crippen LogP contribution in [0.5, 0.6) is 11.5 Å². The van der Waals surface area contributed by atoms with Crippen molar-refractivity contribution in [2.75, 3.05) is 23.9 Å². The fourth-order valence-corrected chi connectivity index (χ4v) is 6.63. The van der Waals surface area contributed by atoms with Gasteiger partial charge in [-0.1, -0.05) is 18.2 Å². The molecule has 11 nitrogen and oxygen atoms in total. The average Bonchev–Trinajstić information content (AvgIpc) is 3.25. The van der Waals surface area contributed by atoms with Crippen molar-refractivity contribution in [1.29, 1.82) is 0 Å². The third-order valence-corrected chi connectivity index (χ3v) is 8.69. The van der Waals surface area contributed by atoms with Crippen LogP contribution in [0.15, 0.2) is 54.6 Å². The van der Waals surface area contributed by atoms with Crippen molar-refractivity contribution in [3.63, 3.8) is 0 Å². The number of fused-ring (bicyclic) bond motifs is 4. The fourth-order valence-electron chi connectivity index (χ4n) is 6.63. The molecule has 1 aromatic heterocycles. The van der Waals surface area contributed by atoms with Gasteiger partial charge in [0.05, 0.1) is 36.0 Å². The van der Waals surface area contributed by atoms with Gasteiger partial charge in [0.15, 0.2) is 5.82 Å². The number of anilines is 3. The maximum absolute atomic E-state index is 14.2. The Morgan fingerprint density at radius 2 is 1.72 bits per heavy atom. The molecule has 3 aliphatic rings. The van der Waals surface area contributed by atoms with Crippen LogP contribution in [0, 0.1) is 0 Å². The number of hydrogen-bond acceptors (Lipinski definition) is 9. The molecule has 1 fully saturated rings. The van der Waals surface area contributed by atoms with Crippen LogP contribution in [0.4, 0.5) is 26.8 Å². The molecule has 244 valence electrons. The van der Waals surface area contributed by atoms with Gasteiger partial charge in [0.25, 0.3) is 0 Å². The van der Waals surface area contributed by atoms with Crippen LogP contribution in [-0.2, 0) is 26.1 Å². The highest BCUT2D eigenvalue weighted by molar-refractivity contribution is 6.23. The second kappa shape index (κ2) is 10.5. The molecule has 0 unspecified atom stereocenters.